The fraction of sp³-hybridized carbons (Fsp3) is 0.500. The number of anilines is 1. The monoisotopic (exact) mass is 224 g/mol. The summed E-state index contributed by atoms with van der Waals surface area (Å²) in [4.78, 5) is 21.5. The van der Waals surface area contributed by atoms with Gasteiger partial charge in [0.25, 0.3) is 5.91 Å². The van der Waals surface area contributed by atoms with Gasteiger partial charge in [0.2, 0.25) is 0 Å². The maximum absolute atomic E-state index is 11.9. The molecule has 0 aliphatic carbocycles. The molecule has 1 aromatic heterocycles. The molecule has 0 aromatic carbocycles. The average molecular weight is 224 g/mol. The van der Waals surface area contributed by atoms with Crippen LogP contribution in [0.25, 0.3) is 0 Å². The second-order valence-corrected chi connectivity index (χ2v) is 3.26. The van der Waals surface area contributed by atoms with E-state index in [1.54, 1.807) is 32.3 Å². The van der Waals surface area contributed by atoms with Crippen molar-refractivity contribution in [2.24, 2.45) is 0 Å². The zero-order valence-corrected chi connectivity index (χ0v) is 9.73. The summed E-state index contributed by atoms with van der Waals surface area (Å²) in [5.41, 5.74) is 0.324. The van der Waals surface area contributed by atoms with Crippen LogP contribution in [0, 0.1) is 0 Å². The Balaban J connectivity index is 2.71. The lowest BCUT2D eigenvalue weighted by molar-refractivity contribution is 0.0738. The molecule has 1 aromatic rings. The van der Waals surface area contributed by atoms with Crippen molar-refractivity contribution in [1.29, 1.82) is 0 Å². The van der Waals surface area contributed by atoms with E-state index in [9.17, 15) is 4.79 Å². The van der Waals surface area contributed by atoms with E-state index in [4.69, 9.17) is 4.74 Å². The molecule has 0 saturated heterocycles. The minimum Gasteiger partial charge on any atom is -0.383 e. The average Bonchev–Trinajstić information content (AvgIpc) is 2.35. The molecule has 0 bridgehead atoms. The molecule has 0 aliphatic rings. The van der Waals surface area contributed by atoms with E-state index in [1.807, 2.05) is 0 Å². The Bertz CT molecular complexity index is 356. The molecule has 1 N–H and O–H groups in total. The number of carbonyl (C=O) groups is 1. The van der Waals surface area contributed by atoms with Crippen molar-refractivity contribution >= 4 is 11.7 Å². The van der Waals surface area contributed by atoms with Gasteiger partial charge in [0.15, 0.2) is 0 Å². The minimum atomic E-state index is -0.165. The molecular weight excluding hydrogens is 208 g/mol. The molecule has 0 unspecified atom stereocenters. The first-order valence-corrected chi connectivity index (χ1v) is 4.93. The maximum Gasteiger partial charge on any atom is 0.273 e. The van der Waals surface area contributed by atoms with Gasteiger partial charge in [0.1, 0.15) is 11.5 Å². The number of nitrogens with zero attached hydrogens (tertiary/aromatic N) is 3. The fourth-order valence-electron chi connectivity index (χ4n) is 1.11. The van der Waals surface area contributed by atoms with Gasteiger partial charge >= 0.3 is 0 Å². The van der Waals surface area contributed by atoms with Crippen LogP contribution in [-0.4, -0.2) is 55.1 Å². The first kappa shape index (κ1) is 12.4. The van der Waals surface area contributed by atoms with Crippen LogP contribution < -0.4 is 5.32 Å². The lowest BCUT2D eigenvalue weighted by Gasteiger charge is -2.15. The van der Waals surface area contributed by atoms with E-state index in [0.717, 1.165) is 0 Å². The van der Waals surface area contributed by atoms with E-state index < -0.39 is 0 Å². The number of aromatic nitrogens is 2. The van der Waals surface area contributed by atoms with E-state index >= 15 is 0 Å². The number of hydrogen-bond donors (Lipinski definition) is 1. The van der Waals surface area contributed by atoms with Crippen molar-refractivity contribution in [1.82, 2.24) is 14.9 Å². The highest BCUT2D eigenvalue weighted by molar-refractivity contribution is 5.92. The van der Waals surface area contributed by atoms with Gasteiger partial charge in [-0.05, 0) is 0 Å². The Morgan fingerprint density at radius 3 is 2.94 bits per heavy atom. The number of nitrogens with one attached hydrogen (secondary N) is 1. The van der Waals surface area contributed by atoms with Crippen molar-refractivity contribution in [2.75, 3.05) is 39.7 Å². The van der Waals surface area contributed by atoms with Crippen LogP contribution in [0.3, 0.4) is 0 Å². The number of amides is 1. The molecule has 0 spiro atoms. The van der Waals surface area contributed by atoms with Gasteiger partial charge in [0, 0.05) is 27.7 Å². The van der Waals surface area contributed by atoms with Crippen LogP contribution in [0.5, 0.6) is 0 Å². The third-order valence-electron chi connectivity index (χ3n) is 2.09. The van der Waals surface area contributed by atoms with E-state index in [2.05, 4.69) is 15.3 Å². The number of carbonyl (C=O) groups excluding carboxylic acids is 1. The summed E-state index contributed by atoms with van der Waals surface area (Å²) in [7, 11) is 5.03. The molecule has 1 amide bonds. The van der Waals surface area contributed by atoms with Gasteiger partial charge in [-0.25, -0.2) is 4.98 Å². The third kappa shape index (κ3) is 3.16. The Hall–Kier alpha value is -1.69. The number of methoxy groups -OCH3 is 1. The normalized spacial score (nSPS) is 9.94. The molecule has 0 atom stereocenters. The summed E-state index contributed by atoms with van der Waals surface area (Å²) in [6.07, 6.45) is 3.01. The van der Waals surface area contributed by atoms with Crippen molar-refractivity contribution in [2.45, 2.75) is 0 Å². The Kier molecular flexibility index (Phi) is 4.65. The minimum absolute atomic E-state index is 0.165. The maximum atomic E-state index is 11.9. The van der Waals surface area contributed by atoms with Crippen molar-refractivity contribution in [3.8, 4) is 0 Å². The van der Waals surface area contributed by atoms with E-state index in [0.29, 0.717) is 24.7 Å². The number of rotatable bonds is 5. The molecule has 16 heavy (non-hydrogen) atoms. The molecule has 6 heteroatoms. The van der Waals surface area contributed by atoms with Crippen LogP contribution in [0.1, 0.15) is 10.5 Å². The molecule has 1 heterocycles. The standard InChI is InChI=1S/C10H16N4O2/c1-11-9-7-12-6-8(13-9)10(15)14(2)4-5-16-3/h6-7H,4-5H2,1-3H3,(H,11,13). The molecule has 0 radical (unpaired) electrons. The van der Waals surface area contributed by atoms with Crippen molar-refractivity contribution in [3.05, 3.63) is 18.1 Å². The Morgan fingerprint density at radius 1 is 1.56 bits per heavy atom. The summed E-state index contributed by atoms with van der Waals surface area (Å²) < 4.78 is 4.90. The first-order chi connectivity index (χ1) is 7.69. The Morgan fingerprint density at radius 2 is 2.31 bits per heavy atom. The van der Waals surface area contributed by atoms with Gasteiger partial charge in [-0.15, -0.1) is 0 Å². The SMILES string of the molecule is CNc1cncc(C(=O)N(C)CCOC)n1. The third-order valence-corrected chi connectivity index (χ3v) is 2.09. The van der Waals surface area contributed by atoms with Gasteiger partial charge in [-0.2, -0.15) is 0 Å². The number of likely N-dealkylation sites (N-methyl/N-ethyl adjacent to an activating group) is 1. The van der Waals surface area contributed by atoms with Crippen molar-refractivity contribution < 1.29 is 9.53 Å². The van der Waals surface area contributed by atoms with Crippen molar-refractivity contribution in [3.63, 3.8) is 0 Å². The summed E-state index contributed by atoms with van der Waals surface area (Å²) in [5.74, 6) is 0.410. The van der Waals surface area contributed by atoms with Gasteiger partial charge in [-0.3, -0.25) is 9.78 Å². The fourth-order valence-corrected chi connectivity index (χ4v) is 1.11. The topological polar surface area (TPSA) is 67.4 Å². The molecular formula is C10H16N4O2. The lowest BCUT2D eigenvalue weighted by Crippen LogP contribution is -2.30. The smallest absolute Gasteiger partial charge is 0.273 e. The number of ether oxygens (including phenoxy) is 1. The van der Waals surface area contributed by atoms with Gasteiger partial charge in [-0.1, -0.05) is 0 Å². The first-order valence-electron chi connectivity index (χ1n) is 4.93. The van der Waals surface area contributed by atoms with Crippen LogP contribution in [-0.2, 0) is 4.74 Å². The highest BCUT2D eigenvalue weighted by Crippen LogP contribution is 2.03. The second kappa shape index (κ2) is 6.02. The summed E-state index contributed by atoms with van der Waals surface area (Å²) in [6, 6.07) is 0. The summed E-state index contributed by atoms with van der Waals surface area (Å²) >= 11 is 0. The summed E-state index contributed by atoms with van der Waals surface area (Å²) in [5, 5.41) is 2.84. The highest BCUT2D eigenvalue weighted by Gasteiger charge is 2.13. The quantitative estimate of drug-likeness (QED) is 0.775. The largest absolute Gasteiger partial charge is 0.383 e. The lowest BCUT2D eigenvalue weighted by atomic mass is 10.4. The predicted octanol–water partition coefficient (Wildman–Crippen LogP) is 0.237. The molecule has 1 rings (SSSR count). The Labute approximate surface area is 94.6 Å². The molecule has 88 valence electrons. The molecule has 6 nitrogen and oxygen atoms in total. The zero-order chi connectivity index (χ0) is 12.0. The second-order valence-electron chi connectivity index (χ2n) is 3.26. The summed E-state index contributed by atoms with van der Waals surface area (Å²) in [6.45, 7) is 1.03. The van der Waals surface area contributed by atoms with Crippen LogP contribution in [0.4, 0.5) is 5.82 Å². The molecule has 0 fully saturated rings. The van der Waals surface area contributed by atoms with E-state index in [-0.39, 0.29) is 5.91 Å². The van der Waals surface area contributed by atoms with Crippen LogP contribution in [0.2, 0.25) is 0 Å². The highest BCUT2D eigenvalue weighted by atomic mass is 16.5. The van der Waals surface area contributed by atoms with Crippen LogP contribution >= 0.6 is 0 Å². The number of hydrogen-bond acceptors (Lipinski definition) is 5. The van der Waals surface area contributed by atoms with Crippen LogP contribution in [0.15, 0.2) is 12.4 Å². The molecule has 0 saturated carbocycles. The zero-order valence-electron chi connectivity index (χ0n) is 9.73. The van der Waals surface area contributed by atoms with Gasteiger partial charge < -0.3 is 15.0 Å². The predicted molar refractivity (Wildman–Crippen MR) is 60.4 cm³/mol. The molecule has 0 aliphatic heterocycles. The van der Waals surface area contributed by atoms with Gasteiger partial charge in [0.05, 0.1) is 19.0 Å². The van der Waals surface area contributed by atoms with E-state index in [1.165, 1.54) is 6.20 Å².